The number of nitrogens with zero attached hydrogens (tertiary/aromatic N) is 2. The zero-order valence-electron chi connectivity index (χ0n) is 7.80. The first kappa shape index (κ1) is 8.80. The Bertz CT molecular complexity index is 371. The molecule has 0 spiro atoms. The van der Waals surface area contributed by atoms with Gasteiger partial charge in [-0.05, 0) is 6.92 Å². The van der Waals surface area contributed by atoms with Crippen LogP contribution >= 0.6 is 0 Å². The van der Waals surface area contributed by atoms with Crippen LogP contribution in [0.4, 0.5) is 5.69 Å². The van der Waals surface area contributed by atoms with Crippen molar-refractivity contribution in [3.8, 4) is 0 Å². The van der Waals surface area contributed by atoms with Gasteiger partial charge in [0.1, 0.15) is 11.8 Å². The molecule has 5 nitrogen and oxygen atoms in total. The predicted molar refractivity (Wildman–Crippen MR) is 51.9 cm³/mol. The van der Waals surface area contributed by atoms with Crippen LogP contribution in [0.2, 0.25) is 0 Å². The van der Waals surface area contributed by atoms with Gasteiger partial charge in [-0.3, -0.25) is 4.79 Å². The molecule has 0 aliphatic carbocycles. The molecular weight excluding hydrogens is 182 g/mol. The SMILES string of the molecule is CC1(C(N)=O)CC=NN1c1ccoc1. The van der Waals surface area contributed by atoms with Gasteiger partial charge in [-0.1, -0.05) is 0 Å². The summed E-state index contributed by atoms with van der Waals surface area (Å²) in [4.78, 5) is 11.3. The van der Waals surface area contributed by atoms with E-state index >= 15 is 0 Å². The van der Waals surface area contributed by atoms with Crippen LogP contribution in [0, 0.1) is 0 Å². The Balaban J connectivity index is 2.36. The molecule has 2 rings (SSSR count). The van der Waals surface area contributed by atoms with Gasteiger partial charge in [0.25, 0.3) is 0 Å². The van der Waals surface area contributed by atoms with Gasteiger partial charge in [0.2, 0.25) is 5.91 Å². The lowest BCUT2D eigenvalue weighted by Crippen LogP contribution is -2.50. The number of primary amides is 1. The average molecular weight is 193 g/mol. The van der Waals surface area contributed by atoms with Gasteiger partial charge in [-0.25, -0.2) is 5.01 Å². The van der Waals surface area contributed by atoms with Crippen molar-refractivity contribution in [3.05, 3.63) is 18.6 Å². The van der Waals surface area contributed by atoms with E-state index < -0.39 is 11.4 Å². The topological polar surface area (TPSA) is 71.8 Å². The van der Waals surface area contributed by atoms with Crippen LogP contribution in [-0.4, -0.2) is 17.7 Å². The molecule has 1 aliphatic rings. The van der Waals surface area contributed by atoms with E-state index in [2.05, 4.69) is 5.10 Å². The van der Waals surface area contributed by atoms with E-state index in [4.69, 9.17) is 10.2 Å². The summed E-state index contributed by atoms with van der Waals surface area (Å²) in [6.45, 7) is 1.76. The maximum atomic E-state index is 11.3. The Morgan fingerprint density at radius 3 is 3.14 bits per heavy atom. The molecule has 0 fully saturated rings. The van der Waals surface area contributed by atoms with Crippen molar-refractivity contribution in [1.82, 2.24) is 0 Å². The number of furan rings is 1. The fourth-order valence-electron chi connectivity index (χ4n) is 1.45. The molecule has 14 heavy (non-hydrogen) atoms. The first-order chi connectivity index (χ1) is 6.64. The first-order valence-electron chi connectivity index (χ1n) is 4.29. The van der Waals surface area contributed by atoms with E-state index in [1.807, 2.05) is 0 Å². The number of nitrogens with two attached hydrogens (primary N) is 1. The van der Waals surface area contributed by atoms with Crippen LogP contribution in [-0.2, 0) is 4.79 Å². The molecule has 0 radical (unpaired) electrons. The van der Waals surface area contributed by atoms with Gasteiger partial charge in [0.15, 0.2) is 0 Å². The summed E-state index contributed by atoms with van der Waals surface area (Å²) < 4.78 is 4.93. The lowest BCUT2D eigenvalue weighted by Gasteiger charge is -2.29. The normalized spacial score (nSPS) is 25.6. The molecule has 1 amide bonds. The highest BCUT2D eigenvalue weighted by Crippen LogP contribution is 2.30. The smallest absolute Gasteiger partial charge is 0.245 e. The molecule has 1 aliphatic heterocycles. The number of hydrazone groups is 1. The van der Waals surface area contributed by atoms with Gasteiger partial charge in [0, 0.05) is 18.7 Å². The summed E-state index contributed by atoms with van der Waals surface area (Å²) in [5, 5.41) is 5.68. The number of hydrogen-bond donors (Lipinski definition) is 1. The number of amides is 1. The van der Waals surface area contributed by atoms with Crippen molar-refractivity contribution in [2.45, 2.75) is 18.9 Å². The number of hydrogen-bond acceptors (Lipinski definition) is 4. The van der Waals surface area contributed by atoms with Crippen molar-refractivity contribution in [2.24, 2.45) is 10.8 Å². The molecule has 1 atom stereocenters. The molecule has 2 heterocycles. The lowest BCUT2D eigenvalue weighted by molar-refractivity contribution is -0.122. The van der Waals surface area contributed by atoms with E-state index in [9.17, 15) is 4.79 Å². The van der Waals surface area contributed by atoms with Crippen molar-refractivity contribution in [1.29, 1.82) is 0 Å². The first-order valence-corrected chi connectivity index (χ1v) is 4.29. The predicted octanol–water partition coefficient (Wildman–Crippen LogP) is 0.719. The second-order valence-corrected chi connectivity index (χ2v) is 3.43. The molecule has 0 bridgehead atoms. The highest BCUT2D eigenvalue weighted by Gasteiger charge is 2.41. The van der Waals surface area contributed by atoms with E-state index in [0.29, 0.717) is 6.42 Å². The fourth-order valence-corrected chi connectivity index (χ4v) is 1.45. The van der Waals surface area contributed by atoms with E-state index in [1.165, 1.54) is 12.5 Å². The summed E-state index contributed by atoms with van der Waals surface area (Å²) in [6, 6.07) is 1.74. The van der Waals surface area contributed by atoms with Crippen LogP contribution in [0.3, 0.4) is 0 Å². The molecule has 0 aromatic carbocycles. The van der Waals surface area contributed by atoms with Crippen LogP contribution in [0.25, 0.3) is 0 Å². The third kappa shape index (κ3) is 1.09. The van der Waals surface area contributed by atoms with E-state index in [1.54, 1.807) is 24.2 Å². The standard InChI is InChI=1S/C9H11N3O2/c1-9(8(10)13)3-4-11-12(9)7-2-5-14-6-7/h2,4-6H,3H2,1H3,(H2,10,13). The maximum Gasteiger partial charge on any atom is 0.245 e. The summed E-state index contributed by atoms with van der Waals surface area (Å²) in [6.07, 6.45) is 5.26. The van der Waals surface area contributed by atoms with Gasteiger partial charge >= 0.3 is 0 Å². The molecule has 0 saturated carbocycles. The summed E-state index contributed by atoms with van der Waals surface area (Å²) in [5.41, 5.74) is 5.30. The van der Waals surface area contributed by atoms with Crippen LogP contribution < -0.4 is 10.7 Å². The Morgan fingerprint density at radius 2 is 2.57 bits per heavy atom. The third-order valence-electron chi connectivity index (χ3n) is 2.43. The van der Waals surface area contributed by atoms with Gasteiger partial charge in [-0.15, -0.1) is 0 Å². The van der Waals surface area contributed by atoms with Gasteiger partial charge < -0.3 is 10.2 Å². The minimum absolute atomic E-state index is 0.392. The van der Waals surface area contributed by atoms with Crippen LogP contribution in [0.1, 0.15) is 13.3 Å². The quantitative estimate of drug-likeness (QED) is 0.752. The largest absolute Gasteiger partial charge is 0.470 e. The Morgan fingerprint density at radius 1 is 1.79 bits per heavy atom. The zero-order valence-corrected chi connectivity index (χ0v) is 7.80. The molecule has 5 heteroatoms. The summed E-state index contributed by atoms with van der Waals surface area (Å²) in [7, 11) is 0. The van der Waals surface area contributed by atoms with Crippen molar-refractivity contribution in [2.75, 3.05) is 5.01 Å². The van der Waals surface area contributed by atoms with Crippen LogP contribution in [0.15, 0.2) is 28.1 Å². The third-order valence-corrected chi connectivity index (χ3v) is 2.43. The van der Waals surface area contributed by atoms with Gasteiger partial charge in [-0.2, -0.15) is 5.10 Å². The Kier molecular flexibility index (Phi) is 1.80. The van der Waals surface area contributed by atoms with E-state index in [0.717, 1.165) is 5.69 Å². The number of rotatable bonds is 2. The average Bonchev–Trinajstić information content (AvgIpc) is 2.72. The number of carbonyl (C=O) groups is 1. The lowest BCUT2D eigenvalue weighted by atomic mass is 9.98. The molecule has 1 aromatic heterocycles. The Labute approximate surface area is 81.2 Å². The molecule has 74 valence electrons. The number of carbonyl (C=O) groups excluding carboxylic acids is 1. The molecule has 1 aromatic rings. The fraction of sp³-hybridized carbons (Fsp3) is 0.333. The number of anilines is 1. The second kappa shape index (κ2) is 2.87. The van der Waals surface area contributed by atoms with Crippen molar-refractivity contribution >= 4 is 17.8 Å². The van der Waals surface area contributed by atoms with Gasteiger partial charge in [0.05, 0.1) is 12.0 Å². The van der Waals surface area contributed by atoms with Crippen LogP contribution in [0.5, 0.6) is 0 Å². The highest BCUT2D eigenvalue weighted by molar-refractivity contribution is 5.93. The molecule has 1 unspecified atom stereocenters. The maximum absolute atomic E-state index is 11.3. The van der Waals surface area contributed by atoms with E-state index in [-0.39, 0.29) is 0 Å². The molecule has 2 N–H and O–H groups in total. The molecule has 0 saturated heterocycles. The minimum Gasteiger partial charge on any atom is -0.470 e. The monoisotopic (exact) mass is 193 g/mol. The Hall–Kier alpha value is -1.78. The summed E-state index contributed by atoms with van der Waals surface area (Å²) >= 11 is 0. The molecular formula is C9H11N3O2. The second-order valence-electron chi connectivity index (χ2n) is 3.43. The van der Waals surface area contributed by atoms with Crippen molar-refractivity contribution < 1.29 is 9.21 Å². The minimum atomic E-state index is -0.774. The summed E-state index contributed by atoms with van der Waals surface area (Å²) in [5.74, 6) is -0.392. The zero-order chi connectivity index (χ0) is 10.2. The van der Waals surface area contributed by atoms with Crippen molar-refractivity contribution in [3.63, 3.8) is 0 Å². The highest BCUT2D eigenvalue weighted by atomic mass is 16.3.